The summed E-state index contributed by atoms with van der Waals surface area (Å²) in [6, 6.07) is 5.60. The van der Waals surface area contributed by atoms with Gasteiger partial charge in [-0.1, -0.05) is 0 Å². The van der Waals surface area contributed by atoms with Crippen molar-refractivity contribution in [3.63, 3.8) is 0 Å². The fourth-order valence-electron chi connectivity index (χ4n) is 3.09. The third kappa shape index (κ3) is 4.64. The van der Waals surface area contributed by atoms with E-state index in [1.54, 1.807) is 20.4 Å². The molecular weight excluding hydrogens is 346 g/mol. The fraction of sp³-hybridized carbons (Fsp3) is 0.526. The van der Waals surface area contributed by atoms with Gasteiger partial charge in [0.05, 0.1) is 39.3 Å². The van der Waals surface area contributed by atoms with E-state index in [-0.39, 0.29) is 5.54 Å². The molecule has 0 bridgehead atoms. The average molecular weight is 373 g/mol. The lowest BCUT2D eigenvalue weighted by Crippen LogP contribution is -2.53. The Kier molecular flexibility index (Phi) is 6.08. The van der Waals surface area contributed by atoms with Crippen molar-refractivity contribution in [1.82, 2.24) is 20.1 Å². The number of nitrogens with zero attached hydrogens (tertiary/aromatic N) is 4. The first kappa shape index (κ1) is 19.3. The standard InChI is InChI=1S/C19H27N5O3/c1-19(2,24-7-9-27-10-8-24)13-20-18-22-16(12-21-23-18)15-6-5-14(25-3)11-17(15)26-4/h5-6,11-12H,7-10,13H2,1-4H3,(H,20,22,23). The molecule has 0 saturated carbocycles. The summed E-state index contributed by atoms with van der Waals surface area (Å²) in [5, 5.41) is 11.5. The third-order valence-electron chi connectivity index (χ3n) is 4.79. The zero-order valence-electron chi connectivity index (χ0n) is 16.4. The van der Waals surface area contributed by atoms with Crippen LogP contribution in [-0.2, 0) is 4.74 Å². The molecule has 1 aliphatic heterocycles. The third-order valence-corrected chi connectivity index (χ3v) is 4.79. The van der Waals surface area contributed by atoms with Crippen molar-refractivity contribution in [2.24, 2.45) is 0 Å². The van der Waals surface area contributed by atoms with Crippen molar-refractivity contribution in [1.29, 1.82) is 0 Å². The highest BCUT2D eigenvalue weighted by Gasteiger charge is 2.28. The topological polar surface area (TPSA) is 81.6 Å². The summed E-state index contributed by atoms with van der Waals surface area (Å²) in [6.45, 7) is 8.51. The van der Waals surface area contributed by atoms with E-state index in [0.717, 1.165) is 37.6 Å². The molecule has 0 aliphatic carbocycles. The molecule has 1 fully saturated rings. The summed E-state index contributed by atoms with van der Waals surface area (Å²) >= 11 is 0. The lowest BCUT2D eigenvalue weighted by molar-refractivity contribution is -0.00573. The number of ether oxygens (including phenoxy) is 3. The van der Waals surface area contributed by atoms with E-state index in [4.69, 9.17) is 14.2 Å². The van der Waals surface area contributed by atoms with E-state index < -0.39 is 0 Å². The molecular formula is C19H27N5O3. The summed E-state index contributed by atoms with van der Waals surface area (Å²) < 4.78 is 16.2. The number of morpholine rings is 1. The number of nitrogens with one attached hydrogen (secondary N) is 1. The molecule has 8 nitrogen and oxygen atoms in total. The monoisotopic (exact) mass is 373 g/mol. The Bertz CT molecular complexity index is 763. The van der Waals surface area contributed by atoms with Gasteiger partial charge in [0.25, 0.3) is 0 Å². The molecule has 1 saturated heterocycles. The second-order valence-corrected chi connectivity index (χ2v) is 7.00. The lowest BCUT2D eigenvalue weighted by atomic mass is 10.0. The van der Waals surface area contributed by atoms with Crippen molar-refractivity contribution in [3.05, 3.63) is 24.4 Å². The first-order valence-corrected chi connectivity index (χ1v) is 9.02. The highest BCUT2D eigenvalue weighted by Crippen LogP contribution is 2.32. The van der Waals surface area contributed by atoms with Crippen LogP contribution in [0.2, 0.25) is 0 Å². The van der Waals surface area contributed by atoms with Crippen molar-refractivity contribution in [2.45, 2.75) is 19.4 Å². The predicted octanol–water partition coefficient (Wildman–Crippen LogP) is 2.08. The van der Waals surface area contributed by atoms with Gasteiger partial charge >= 0.3 is 0 Å². The Morgan fingerprint density at radius 1 is 1.19 bits per heavy atom. The van der Waals surface area contributed by atoms with Crippen LogP contribution in [-0.4, -0.2) is 72.7 Å². The number of aromatic nitrogens is 3. The number of anilines is 1. The summed E-state index contributed by atoms with van der Waals surface area (Å²) in [4.78, 5) is 7.02. The zero-order valence-corrected chi connectivity index (χ0v) is 16.4. The number of hydrogen-bond acceptors (Lipinski definition) is 8. The van der Waals surface area contributed by atoms with Crippen molar-refractivity contribution >= 4 is 5.95 Å². The molecule has 2 aromatic rings. The summed E-state index contributed by atoms with van der Waals surface area (Å²) in [5.41, 5.74) is 1.49. The summed E-state index contributed by atoms with van der Waals surface area (Å²) in [6.07, 6.45) is 1.63. The Balaban J connectivity index is 1.74. The molecule has 27 heavy (non-hydrogen) atoms. The smallest absolute Gasteiger partial charge is 0.243 e. The normalized spacial score (nSPS) is 15.4. The number of benzene rings is 1. The van der Waals surface area contributed by atoms with Gasteiger partial charge in [-0.2, -0.15) is 5.10 Å². The SMILES string of the molecule is COc1ccc(-c2cnnc(NCC(C)(C)N3CCOCC3)n2)c(OC)c1. The van der Waals surface area contributed by atoms with Crippen LogP contribution in [0.5, 0.6) is 11.5 Å². The molecule has 0 spiro atoms. The molecule has 0 radical (unpaired) electrons. The van der Waals surface area contributed by atoms with Gasteiger partial charge in [-0.3, -0.25) is 4.90 Å². The van der Waals surface area contributed by atoms with Gasteiger partial charge in [-0.25, -0.2) is 4.98 Å². The van der Waals surface area contributed by atoms with Gasteiger partial charge in [-0.05, 0) is 26.0 Å². The minimum atomic E-state index is -0.0407. The van der Waals surface area contributed by atoms with Crippen LogP contribution in [0.4, 0.5) is 5.95 Å². The average Bonchev–Trinajstić information content (AvgIpc) is 2.72. The highest BCUT2D eigenvalue weighted by atomic mass is 16.5. The Labute approximate surface area is 159 Å². The molecule has 0 unspecified atom stereocenters. The largest absolute Gasteiger partial charge is 0.497 e. The summed E-state index contributed by atoms with van der Waals surface area (Å²) in [7, 11) is 3.25. The quantitative estimate of drug-likeness (QED) is 0.790. The van der Waals surface area contributed by atoms with Gasteiger partial charge in [0, 0.05) is 36.8 Å². The molecule has 2 heterocycles. The molecule has 0 atom stereocenters. The molecule has 3 rings (SSSR count). The number of hydrogen-bond donors (Lipinski definition) is 1. The maximum absolute atomic E-state index is 5.47. The molecule has 0 amide bonds. The van der Waals surface area contributed by atoms with Crippen LogP contribution in [0.3, 0.4) is 0 Å². The maximum Gasteiger partial charge on any atom is 0.243 e. The molecule has 1 aromatic heterocycles. The van der Waals surface area contributed by atoms with Gasteiger partial charge in [-0.15, -0.1) is 5.10 Å². The van der Waals surface area contributed by atoms with Gasteiger partial charge < -0.3 is 19.5 Å². The molecule has 1 aromatic carbocycles. The fourth-order valence-corrected chi connectivity index (χ4v) is 3.09. The Hall–Kier alpha value is -2.45. The van der Waals surface area contributed by atoms with Crippen LogP contribution in [0.1, 0.15) is 13.8 Å². The van der Waals surface area contributed by atoms with Crippen molar-refractivity contribution in [3.8, 4) is 22.8 Å². The predicted molar refractivity (Wildman–Crippen MR) is 103 cm³/mol. The number of methoxy groups -OCH3 is 2. The van der Waals surface area contributed by atoms with Crippen molar-refractivity contribution < 1.29 is 14.2 Å². The van der Waals surface area contributed by atoms with Crippen LogP contribution in [0.25, 0.3) is 11.3 Å². The van der Waals surface area contributed by atoms with E-state index in [0.29, 0.717) is 23.9 Å². The number of rotatable bonds is 7. The molecule has 1 N–H and O–H groups in total. The van der Waals surface area contributed by atoms with E-state index in [1.807, 2.05) is 18.2 Å². The summed E-state index contributed by atoms with van der Waals surface area (Å²) in [5.74, 6) is 1.89. The van der Waals surface area contributed by atoms with Crippen LogP contribution in [0.15, 0.2) is 24.4 Å². The maximum atomic E-state index is 5.47. The lowest BCUT2D eigenvalue weighted by Gasteiger charge is -2.40. The van der Waals surface area contributed by atoms with Crippen LogP contribution in [0, 0.1) is 0 Å². The van der Waals surface area contributed by atoms with Crippen LogP contribution < -0.4 is 14.8 Å². The minimum Gasteiger partial charge on any atom is -0.497 e. The Morgan fingerprint density at radius 3 is 2.67 bits per heavy atom. The van der Waals surface area contributed by atoms with Gasteiger partial charge in [0.2, 0.25) is 5.95 Å². The zero-order chi connectivity index (χ0) is 19.3. The van der Waals surface area contributed by atoms with Crippen LogP contribution >= 0.6 is 0 Å². The minimum absolute atomic E-state index is 0.0407. The van der Waals surface area contributed by atoms with Gasteiger partial charge in [0.1, 0.15) is 11.5 Å². The van der Waals surface area contributed by atoms with E-state index in [9.17, 15) is 0 Å². The highest BCUT2D eigenvalue weighted by molar-refractivity contribution is 5.68. The molecule has 8 heteroatoms. The van der Waals surface area contributed by atoms with Crippen molar-refractivity contribution in [2.75, 3.05) is 52.4 Å². The first-order valence-electron chi connectivity index (χ1n) is 9.02. The van der Waals surface area contributed by atoms with E-state index >= 15 is 0 Å². The Morgan fingerprint density at radius 2 is 1.96 bits per heavy atom. The van der Waals surface area contributed by atoms with Gasteiger partial charge in [0.15, 0.2) is 0 Å². The van der Waals surface area contributed by atoms with E-state index in [2.05, 4.69) is 39.2 Å². The van der Waals surface area contributed by atoms with E-state index in [1.165, 1.54) is 0 Å². The second kappa shape index (κ2) is 8.49. The first-order chi connectivity index (χ1) is 13.0. The molecule has 1 aliphatic rings. The second-order valence-electron chi connectivity index (χ2n) is 7.00. The molecule has 146 valence electrons.